The molecule has 2 rings (SSSR count). The minimum absolute atomic E-state index is 0.0406. The van der Waals surface area contributed by atoms with E-state index in [2.05, 4.69) is 10.6 Å². The van der Waals surface area contributed by atoms with Crippen LogP contribution in [0.3, 0.4) is 0 Å². The number of carbonyl (C=O) groups is 3. The van der Waals surface area contributed by atoms with Gasteiger partial charge in [0.05, 0.1) is 0 Å². The summed E-state index contributed by atoms with van der Waals surface area (Å²) in [6.07, 6.45) is 1.23. The molecule has 0 aliphatic heterocycles. The Morgan fingerprint density at radius 1 is 0.792 bits per heavy atom. The molecule has 0 atom stereocenters. The van der Waals surface area contributed by atoms with Gasteiger partial charge in [0, 0.05) is 28.6 Å². The van der Waals surface area contributed by atoms with Crippen molar-refractivity contribution < 1.29 is 14.4 Å². The zero-order valence-corrected chi connectivity index (χ0v) is 13.5. The van der Waals surface area contributed by atoms with Gasteiger partial charge in [-0.1, -0.05) is 18.2 Å². The first-order valence-electron chi connectivity index (χ1n) is 7.42. The molecule has 0 fully saturated rings. The van der Waals surface area contributed by atoms with Gasteiger partial charge in [-0.2, -0.15) is 0 Å². The van der Waals surface area contributed by atoms with Gasteiger partial charge in [0.1, 0.15) is 0 Å². The molecule has 0 saturated carbocycles. The fourth-order valence-corrected chi connectivity index (χ4v) is 1.98. The van der Waals surface area contributed by atoms with Crippen molar-refractivity contribution in [2.24, 2.45) is 0 Å². The number of nitrogens with one attached hydrogen (secondary N) is 2. The fraction of sp³-hybridized carbons (Fsp3) is 0.105. The van der Waals surface area contributed by atoms with Crippen molar-refractivity contribution in [3.8, 4) is 0 Å². The smallest absolute Gasteiger partial charge is 0.251 e. The molecule has 0 heterocycles. The molecule has 2 N–H and O–H groups in total. The summed E-state index contributed by atoms with van der Waals surface area (Å²) in [6.45, 7) is 3.04. The molecule has 2 aromatic rings. The number of ketones is 1. The number of hydrogen-bond donors (Lipinski definition) is 2. The van der Waals surface area contributed by atoms with Crippen molar-refractivity contribution in [3.63, 3.8) is 0 Å². The zero-order valence-electron chi connectivity index (χ0n) is 13.5. The fourth-order valence-electron chi connectivity index (χ4n) is 1.98. The van der Waals surface area contributed by atoms with Gasteiger partial charge in [-0.05, 0) is 50.2 Å². The van der Waals surface area contributed by atoms with E-state index in [1.54, 1.807) is 43.3 Å². The Balaban J connectivity index is 1.97. The van der Waals surface area contributed by atoms with E-state index in [9.17, 15) is 14.4 Å². The molecule has 0 aliphatic rings. The highest BCUT2D eigenvalue weighted by Gasteiger charge is 2.08. The predicted molar refractivity (Wildman–Crippen MR) is 93.9 cm³/mol. The highest BCUT2D eigenvalue weighted by Crippen LogP contribution is 2.11. The minimum atomic E-state index is -0.411. The van der Waals surface area contributed by atoms with E-state index in [0.717, 1.165) is 0 Å². The average Bonchev–Trinajstić information content (AvgIpc) is 2.56. The van der Waals surface area contributed by atoms with Crippen LogP contribution in [0.4, 0.5) is 11.4 Å². The second-order valence-corrected chi connectivity index (χ2v) is 5.27. The van der Waals surface area contributed by atoms with Gasteiger partial charge in [-0.15, -0.1) is 0 Å². The van der Waals surface area contributed by atoms with Crippen molar-refractivity contribution >= 4 is 29.0 Å². The zero-order chi connectivity index (χ0) is 17.5. The molecule has 2 aromatic carbocycles. The van der Waals surface area contributed by atoms with Gasteiger partial charge in [-0.25, -0.2) is 0 Å². The lowest BCUT2D eigenvalue weighted by molar-refractivity contribution is -0.114. The summed E-state index contributed by atoms with van der Waals surface area (Å²) in [5, 5.41) is 5.36. The van der Waals surface area contributed by atoms with Crippen LogP contribution in [0.25, 0.3) is 0 Å². The van der Waals surface area contributed by atoms with Gasteiger partial charge in [-0.3, -0.25) is 14.4 Å². The monoisotopic (exact) mass is 322 g/mol. The number of anilines is 2. The molecule has 0 aliphatic carbocycles. The quantitative estimate of drug-likeness (QED) is 0.654. The summed E-state index contributed by atoms with van der Waals surface area (Å²) in [4.78, 5) is 35.2. The summed E-state index contributed by atoms with van der Waals surface area (Å²) in [5.74, 6) is -0.796. The number of carbonyl (C=O) groups excluding carboxylic acids is 3. The molecular weight excluding hydrogens is 304 g/mol. The van der Waals surface area contributed by atoms with Crippen LogP contribution in [0.2, 0.25) is 0 Å². The Morgan fingerprint density at radius 2 is 1.38 bits per heavy atom. The molecule has 24 heavy (non-hydrogen) atoms. The molecule has 5 heteroatoms. The van der Waals surface area contributed by atoms with Crippen LogP contribution in [0, 0.1) is 0 Å². The van der Waals surface area contributed by atoms with Crippen molar-refractivity contribution in [2.45, 2.75) is 13.8 Å². The molecule has 5 nitrogen and oxygen atoms in total. The summed E-state index contributed by atoms with van der Waals surface area (Å²) in [7, 11) is 0. The van der Waals surface area contributed by atoms with Crippen molar-refractivity contribution in [2.75, 3.05) is 10.6 Å². The molecule has 122 valence electrons. The number of amides is 2. The average molecular weight is 322 g/mol. The number of benzene rings is 2. The molecule has 0 saturated heterocycles. The van der Waals surface area contributed by atoms with E-state index in [1.807, 2.05) is 18.2 Å². The van der Waals surface area contributed by atoms with E-state index in [4.69, 9.17) is 0 Å². The summed E-state index contributed by atoms with van der Waals surface area (Å²) >= 11 is 0. The molecule has 0 bridgehead atoms. The molecule has 0 unspecified atom stereocenters. The first kappa shape index (κ1) is 17.1. The van der Waals surface area contributed by atoms with Crippen molar-refractivity contribution in [1.29, 1.82) is 0 Å². The Morgan fingerprint density at radius 3 is 1.96 bits per heavy atom. The van der Waals surface area contributed by atoms with Crippen LogP contribution in [0.15, 0.2) is 66.2 Å². The third kappa shape index (κ3) is 4.91. The number of para-hydroxylation sites is 1. The Hall–Kier alpha value is -3.21. The summed E-state index contributed by atoms with van der Waals surface area (Å²) in [5.41, 5.74) is 2.08. The largest absolute Gasteiger partial charge is 0.323 e. The van der Waals surface area contributed by atoms with Crippen LogP contribution < -0.4 is 10.6 Å². The maximum absolute atomic E-state index is 12.0. The maximum atomic E-state index is 12.0. The topological polar surface area (TPSA) is 75.3 Å². The predicted octanol–water partition coefficient (Wildman–Crippen LogP) is 3.41. The van der Waals surface area contributed by atoms with Crippen LogP contribution in [0.1, 0.15) is 24.2 Å². The van der Waals surface area contributed by atoms with Crippen LogP contribution in [0.5, 0.6) is 0 Å². The molecule has 2 amide bonds. The molecular formula is C19H18N2O3. The highest BCUT2D eigenvalue weighted by atomic mass is 16.2. The van der Waals surface area contributed by atoms with E-state index in [0.29, 0.717) is 16.9 Å². The lowest BCUT2D eigenvalue weighted by Gasteiger charge is -2.06. The Kier molecular flexibility index (Phi) is 5.63. The Bertz CT molecular complexity index is 778. The van der Waals surface area contributed by atoms with Crippen LogP contribution in [-0.4, -0.2) is 17.6 Å². The minimum Gasteiger partial charge on any atom is -0.323 e. The summed E-state index contributed by atoms with van der Waals surface area (Å²) in [6, 6.07) is 15.6. The van der Waals surface area contributed by atoms with Gasteiger partial charge in [0.25, 0.3) is 5.91 Å². The second-order valence-electron chi connectivity index (χ2n) is 5.27. The number of hydrogen-bond acceptors (Lipinski definition) is 3. The lowest BCUT2D eigenvalue weighted by Crippen LogP contribution is -2.16. The van der Waals surface area contributed by atoms with Gasteiger partial charge in [0.15, 0.2) is 5.78 Å². The Labute approximate surface area is 140 Å². The molecule has 0 aromatic heterocycles. The van der Waals surface area contributed by atoms with Crippen LogP contribution >= 0.6 is 0 Å². The summed E-state index contributed by atoms with van der Waals surface area (Å²) < 4.78 is 0. The lowest BCUT2D eigenvalue weighted by atomic mass is 10.1. The standard InChI is InChI=1S/C19H18N2O3/c1-13(19(24)21-16-6-4-3-5-7-16)12-18(23)20-17-10-8-15(9-11-17)14(2)22/h3-12H,1-2H3,(H,20,23)(H,21,24)/b13-12-. The van der Waals surface area contributed by atoms with E-state index < -0.39 is 5.91 Å². The SMILES string of the molecule is CC(=O)c1ccc(NC(=O)/C=C(/C)C(=O)Nc2ccccc2)cc1. The van der Waals surface area contributed by atoms with E-state index >= 15 is 0 Å². The second kappa shape index (κ2) is 7.87. The first-order valence-corrected chi connectivity index (χ1v) is 7.42. The number of Topliss-reactive ketones (excluding diaryl/α,β-unsaturated/α-hetero) is 1. The third-order valence-electron chi connectivity index (χ3n) is 3.30. The van der Waals surface area contributed by atoms with E-state index in [1.165, 1.54) is 13.0 Å². The van der Waals surface area contributed by atoms with Crippen molar-refractivity contribution in [1.82, 2.24) is 0 Å². The molecule has 0 spiro atoms. The van der Waals surface area contributed by atoms with Gasteiger partial charge in [0.2, 0.25) is 5.91 Å². The molecule has 0 radical (unpaired) electrons. The van der Waals surface area contributed by atoms with E-state index in [-0.39, 0.29) is 17.3 Å². The highest BCUT2D eigenvalue weighted by molar-refractivity contribution is 6.10. The third-order valence-corrected chi connectivity index (χ3v) is 3.30. The van der Waals surface area contributed by atoms with Gasteiger partial charge < -0.3 is 10.6 Å². The van der Waals surface area contributed by atoms with Gasteiger partial charge >= 0.3 is 0 Å². The van der Waals surface area contributed by atoms with Crippen molar-refractivity contribution in [3.05, 3.63) is 71.8 Å². The first-order chi connectivity index (χ1) is 11.5. The number of rotatable bonds is 5. The maximum Gasteiger partial charge on any atom is 0.251 e. The normalized spacial score (nSPS) is 10.8. The van der Waals surface area contributed by atoms with Crippen LogP contribution in [-0.2, 0) is 9.59 Å².